The Morgan fingerprint density at radius 3 is 2.84 bits per heavy atom. The van der Waals surface area contributed by atoms with Crippen molar-refractivity contribution in [2.75, 3.05) is 18.1 Å². The van der Waals surface area contributed by atoms with Gasteiger partial charge in [0.05, 0.1) is 11.5 Å². The average Bonchev–Trinajstić information content (AvgIpc) is 2.70. The zero-order valence-electron chi connectivity index (χ0n) is 11.1. The zero-order valence-corrected chi connectivity index (χ0v) is 13.5. The first-order valence-electron chi connectivity index (χ1n) is 6.71. The van der Waals surface area contributed by atoms with Gasteiger partial charge in [-0.1, -0.05) is 35.0 Å². The van der Waals surface area contributed by atoms with Crippen molar-refractivity contribution in [3.63, 3.8) is 0 Å². The number of benzene rings is 1. The lowest BCUT2D eigenvalue weighted by Crippen LogP contribution is -2.29. The molecule has 1 saturated heterocycles. The molecule has 1 fully saturated rings. The topological polar surface area (TPSA) is 46.2 Å². The number of rotatable bonds is 5. The largest absolute Gasteiger partial charge is 0.310 e. The van der Waals surface area contributed by atoms with E-state index in [-0.39, 0.29) is 12.0 Å². The quantitative estimate of drug-likeness (QED) is 0.892. The van der Waals surface area contributed by atoms with E-state index in [2.05, 4.69) is 40.3 Å². The number of hydrogen-bond donors (Lipinski definition) is 1. The Hall–Kier alpha value is -0.390. The molecule has 1 N–H and O–H groups in total. The van der Waals surface area contributed by atoms with E-state index in [9.17, 15) is 8.42 Å². The number of sulfone groups is 1. The summed E-state index contributed by atoms with van der Waals surface area (Å²) >= 11 is 3.48. The first-order chi connectivity index (χ1) is 9.02. The molecule has 19 heavy (non-hydrogen) atoms. The minimum absolute atomic E-state index is 0.134. The number of halogens is 1. The first kappa shape index (κ1) is 15.0. The molecule has 0 amide bonds. The molecule has 2 rings (SSSR count). The molecule has 0 saturated carbocycles. The first-order valence-corrected chi connectivity index (χ1v) is 9.32. The van der Waals surface area contributed by atoms with E-state index in [1.807, 2.05) is 12.1 Å². The molecular weight excluding hydrogens is 326 g/mol. The average molecular weight is 346 g/mol. The summed E-state index contributed by atoms with van der Waals surface area (Å²) in [6.07, 6.45) is 1.81. The molecule has 0 bridgehead atoms. The van der Waals surface area contributed by atoms with Gasteiger partial charge < -0.3 is 5.32 Å². The molecule has 0 aliphatic carbocycles. The summed E-state index contributed by atoms with van der Waals surface area (Å²) in [4.78, 5) is 0. The van der Waals surface area contributed by atoms with Gasteiger partial charge in [-0.3, -0.25) is 0 Å². The molecule has 106 valence electrons. The highest BCUT2D eigenvalue weighted by Gasteiger charge is 2.34. The van der Waals surface area contributed by atoms with Crippen LogP contribution in [0.5, 0.6) is 0 Å². The predicted octanol–water partition coefficient (Wildman–Crippen LogP) is 2.92. The SMILES string of the molecule is CCCNC(c1cccc(Br)c1)C1CCS(=O)(=O)C1. The van der Waals surface area contributed by atoms with Crippen LogP contribution in [0, 0.1) is 5.92 Å². The molecule has 1 aromatic rings. The third kappa shape index (κ3) is 4.04. The van der Waals surface area contributed by atoms with E-state index in [0.717, 1.165) is 23.9 Å². The van der Waals surface area contributed by atoms with Gasteiger partial charge in [-0.25, -0.2) is 8.42 Å². The van der Waals surface area contributed by atoms with Crippen LogP contribution in [0.1, 0.15) is 31.4 Å². The Morgan fingerprint density at radius 1 is 1.47 bits per heavy atom. The van der Waals surface area contributed by atoms with Crippen molar-refractivity contribution in [3.8, 4) is 0 Å². The summed E-state index contributed by atoms with van der Waals surface area (Å²) in [6, 6.07) is 8.28. The van der Waals surface area contributed by atoms with Crippen molar-refractivity contribution in [2.45, 2.75) is 25.8 Å². The van der Waals surface area contributed by atoms with Gasteiger partial charge in [0.15, 0.2) is 9.84 Å². The summed E-state index contributed by atoms with van der Waals surface area (Å²) in [7, 11) is -2.84. The van der Waals surface area contributed by atoms with Crippen LogP contribution in [-0.4, -0.2) is 26.5 Å². The Kier molecular flexibility index (Phi) is 5.03. The second-order valence-corrected chi connectivity index (χ2v) is 8.29. The van der Waals surface area contributed by atoms with Gasteiger partial charge in [0.25, 0.3) is 0 Å². The van der Waals surface area contributed by atoms with E-state index >= 15 is 0 Å². The Labute approximate surface area is 123 Å². The molecule has 1 heterocycles. The normalized spacial score (nSPS) is 23.4. The van der Waals surface area contributed by atoms with Crippen molar-refractivity contribution >= 4 is 25.8 Å². The minimum atomic E-state index is -2.84. The lowest BCUT2D eigenvalue weighted by molar-refractivity contribution is 0.392. The number of hydrogen-bond acceptors (Lipinski definition) is 3. The van der Waals surface area contributed by atoms with E-state index in [4.69, 9.17) is 0 Å². The molecule has 5 heteroatoms. The molecule has 2 atom stereocenters. The smallest absolute Gasteiger partial charge is 0.150 e. The molecule has 1 aliphatic rings. The summed E-state index contributed by atoms with van der Waals surface area (Å²) in [5, 5.41) is 3.51. The van der Waals surface area contributed by atoms with Crippen molar-refractivity contribution in [2.24, 2.45) is 5.92 Å². The van der Waals surface area contributed by atoms with E-state index in [0.29, 0.717) is 11.5 Å². The van der Waals surface area contributed by atoms with Gasteiger partial charge in [0.1, 0.15) is 0 Å². The molecule has 1 aromatic carbocycles. The molecule has 2 unspecified atom stereocenters. The van der Waals surface area contributed by atoms with Crippen molar-refractivity contribution in [1.29, 1.82) is 0 Å². The minimum Gasteiger partial charge on any atom is -0.310 e. The van der Waals surface area contributed by atoms with Crippen molar-refractivity contribution in [1.82, 2.24) is 5.32 Å². The van der Waals surface area contributed by atoms with Gasteiger partial charge in [0.2, 0.25) is 0 Å². The van der Waals surface area contributed by atoms with E-state index in [1.165, 1.54) is 5.56 Å². The van der Waals surface area contributed by atoms with Crippen LogP contribution in [0.25, 0.3) is 0 Å². The summed E-state index contributed by atoms with van der Waals surface area (Å²) in [5.41, 5.74) is 1.17. The van der Waals surface area contributed by atoms with Gasteiger partial charge in [-0.2, -0.15) is 0 Å². The lowest BCUT2D eigenvalue weighted by Gasteiger charge is -2.24. The molecule has 3 nitrogen and oxygen atoms in total. The maximum atomic E-state index is 11.7. The third-order valence-corrected chi connectivity index (χ3v) is 5.85. The monoisotopic (exact) mass is 345 g/mol. The van der Waals surface area contributed by atoms with Crippen LogP contribution in [0.3, 0.4) is 0 Å². The zero-order chi connectivity index (χ0) is 13.9. The summed E-state index contributed by atoms with van der Waals surface area (Å²) in [5.74, 6) is 0.822. The van der Waals surface area contributed by atoms with Crippen LogP contribution in [0.4, 0.5) is 0 Å². The van der Waals surface area contributed by atoms with Crippen LogP contribution in [0.15, 0.2) is 28.7 Å². The third-order valence-electron chi connectivity index (χ3n) is 3.56. The van der Waals surface area contributed by atoms with Gasteiger partial charge >= 0.3 is 0 Å². The molecule has 0 spiro atoms. The number of nitrogens with one attached hydrogen (secondary N) is 1. The van der Waals surface area contributed by atoms with Gasteiger partial charge in [-0.15, -0.1) is 0 Å². The van der Waals surface area contributed by atoms with Gasteiger partial charge in [-0.05, 0) is 43.0 Å². The predicted molar refractivity (Wildman–Crippen MR) is 81.9 cm³/mol. The van der Waals surface area contributed by atoms with Crippen molar-refractivity contribution < 1.29 is 8.42 Å². The Morgan fingerprint density at radius 2 is 2.26 bits per heavy atom. The fourth-order valence-electron chi connectivity index (χ4n) is 2.64. The Bertz CT molecular complexity index is 530. The van der Waals surface area contributed by atoms with Crippen LogP contribution in [0.2, 0.25) is 0 Å². The summed E-state index contributed by atoms with van der Waals surface area (Å²) in [6.45, 7) is 3.03. The van der Waals surface area contributed by atoms with Crippen LogP contribution >= 0.6 is 15.9 Å². The fraction of sp³-hybridized carbons (Fsp3) is 0.571. The van der Waals surface area contributed by atoms with Crippen LogP contribution in [-0.2, 0) is 9.84 Å². The maximum Gasteiger partial charge on any atom is 0.150 e. The lowest BCUT2D eigenvalue weighted by atomic mass is 9.92. The highest BCUT2D eigenvalue weighted by Crippen LogP contribution is 2.32. The van der Waals surface area contributed by atoms with E-state index in [1.54, 1.807) is 0 Å². The van der Waals surface area contributed by atoms with E-state index < -0.39 is 9.84 Å². The fourth-order valence-corrected chi connectivity index (χ4v) is 4.90. The van der Waals surface area contributed by atoms with Crippen molar-refractivity contribution in [3.05, 3.63) is 34.3 Å². The second kappa shape index (κ2) is 6.37. The van der Waals surface area contributed by atoms with Crippen LogP contribution < -0.4 is 5.32 Å². The standard InChI is InChI=1S/C14H20BrNO2S/c1-2-7-16-14(11-4-3-5-13(15)9-11)12-6-8-19(17,18)10-12/h3-5,9,12,14,16H,2,6-8,10H2,1H3. The Balaban J connectivity index is 2.21. The molecule has 0 aromatic heterocycles. The van der Waals surface area contributed by atoms with Gasteiger partial charge in [0, 0.05) is 10.5 Å². The highest BCUT2D eigenvalue weighted by molar-refractivity contribution is 9.10. The summed E-state index contributed by atoms with van der Waals surface area (Å²) < 4.78 is 24.4. The molecular formula is C14H20BrNO2S. The highest BCUT2D eigenvalue weighted by atomic mass is 79.9. The second-order valence-electron chi connectivity index (χ2n) is 5.15. The maximum absolute atomic E-state index is 11.7. The molecule has 0 radical (unpaired) electrons. The molecule has 1 aliphatic heterocycles.